The molecule has 0 bridgehead atoms. The minimum Gasteiger partial charge on any atom is -0.498 e. The van der Waals surface area contributed by atoms with Crippen molar-refractivity contribution in [2.24, 2.45) is 11.8 Å². The Morgan fingerprint density at radius 3 is 3.00 bits per heavy atom. The second kappa shape index (κ2) is 3.16. The van der Waals surface area contributed by atoms with Crippen LogP contribution in [0.15, 0.2) is 24.0 Å². The average molecular weight is 182 g/mol. The smallest absolute Gasteiger partial charge is 0.102 e. The standard InChI is InChI=1S/C10H14O3/c1-6-10-7(5-11)4-9(12)8(10)2-3-13-6/h2-4,6,8-12H,5H2,1H3. The third kappa shape index (κ3) is 1.28. The minimum atomic E-state index is -0.463. The Bertz CT molecular complexity index is 257. The fourth-order valence-electron chi connectivity index (χ4n) is 2.25. The highest BCUT2D eigenvalue weighted by Gasteiger charge is 2.40. The maximum Gasteiger partial charge on any atom is 0.102 e. The first-order chi connectivity index (χ1) is 6.24. The van der Waals surface area contributed by atoms with E-state index in [1.54, 1.807) is 12.3 Å². The number of hydrogen-bond acceptors (Lipinski definition) is 3. The largest absolute Gasteiger partial charge is 0.498 e. The molecule has 0 spiro atoms. The van der Waals surface area contributed by atoms with Crippen LogP contribution in [-0.4, -0.2) is 29.0 Å². The van der Waals surface area contributed by atoms with Gasteiger partial charge in [-0.15, -0.1) is 0 Å². The number of ether oxygens (including phenoxy) is 1. The summed E-state index contributed by atoms with van der Waals surface area (Å²) in [5.74, 6) is 0.232. The predicted octanol–water partition coefficient (Wildman–Crippen LogP) is 0.444. The summed E-state index contributed by atoms with van der Waals surface area (Å²) in [6.45, 7) is 1.97. The molecule has 0 radical (unpaired) electrons. The van der Waals surface area contributed by atoms with Gasteiger partial charge in [0.1, 0.15) is 6.10 Å². The van der Waals surface area contributed by atoms with E-state index >= 15 is 0 Å². The molecule has 3 heteroatoms. The van der Waals surface area contributed by atoms with Crippen LogP contribution < -0.4 is 0 Å². The van der Waals surface area contributed by atoms with Crippen molar-refractivity contribution < 1.29 is 14.9 Å². The van der Waals surface area contributed by atoms with Gasteiger partial charge in [-0.25, -0.2) is 0 Å². The molecule has 4 atom stereocenters. The highest BCUT2D eigenvalue weighted by Crippen LogP contribution is 2.38. The van der Waals surface area contributed by atoms with Gasteiger partial charge in [0.05, 0.1) is 19.0 Å². The summed E-state index contributed by atoms with van der Waals surface area (Å²) in [7, 11) is 0. The molecule has 2 aliphatic rings. The van der Waals surface area contributed by atoms with E-state index in [1.165, 1.54) is 0 Å². The zero-order chi connectivity index (χ0) is 9.42. The predicted molar refractivity (Wildman–Crippen MR) is 47.8 cm³/mol. The molecule has 0 aromatic carbocycles. The highest BCUT2D eigenvalue weighted by atomic mass is 16.5. The van der Waals surface area contributed by atoms with Gasteiger partial charge in [0.15, 0.2) is 0 Å². The van der Waals surface area contributed by atoms with E-state index < -0.39 is 6.10 Å². The van der Waals surface area contributed by atoms with Crippen molar-refractivity contribution in [1.29, 1.82) is 0 Å². The molecule has 3 nitrogen and oxygen atoms in total. The molecule has 0 aromatic heterocycles. The molecule has 4 unspecified atom stereocenters. The SMILES string of the molecule is CC1OC=CC2C(O)C=C(CO)C12. The van der Waals surface area contributed by atoms with E-state index in [4.69, 9.17) is 9.84 Å². The second-order valence-electron chi connectivity index (χ2n) is 3.66. The summed E-state index contributed by atoms with van der Waals surface area (Å²) < 4.78 is 5.33. The molecule has 0 amide bonds. The van der Waals surface area contributed by atoms with Gasteiger partial charge in [0, 0.05) is 11.8 Å². The number of fused-ring (bicyclic) bond motifs is 1. The maximum atomic E-state index is 9.65. The fraction of sp³-hybridized carbons (Fsp3) is 0.600. The van der Waals surface area contributed by atoms with Gasteiger partial charge >= 0.3 is 0 Å². The molecule has 1 heterocycles. The summed E-state index contributed by atoms with van der Waals surface area (Å²) in [6.07, 6.45) is 4.84. The third-order valence-corrected chi connectivity index (χ3v) is 2.90. The van der Waals surface area contributed by atoms with E-state index in [-0.39, 0.29) is 24.5 Å². The molecule has 72 valence electrons. The van der Waals surface area contributed by atoms with Gasteiger partial charge in [0.2, 0.25) is 0 Å². The van der Waals surface area contributed by atoms with E-state index in [1.807, 2.05) is 13.0 Å². The molecule has 2 rings (SSSR count). The van der Waals surface area contributed by atoms with Crippen molar-refractivity contribution in [1.82, 2.24) is 0 Å². The lowest BCUT2D eigenvalue weighted by molar-refractivity contribution is 0.0495. The molecular weight excluding hydrogens is 168 g/mol. The Balaban J connectivity index is 2.27. The zero-order valence-electron chi connectivity index (χ0n) is 7.55. The first-order valence-corrected chi connectivity index (χ1v) is 4.55. The average Bonchev–Trinajstić information content (AvgIpc) is 2.45. The quantitative estimate of drug-likeness (QED) is 0.579. The van der Waals surface area contributed by atoms with Crippen LogP contribution in [0, 0.1) is 11.8 Å². The Morgan fingerprint density at radius 2 is 2.31 bits per heavy atom. The monoisotopic (exact) mass is 182 g/mol. The molecular formula is C10H14O3. The van der Waals surface area contributed by atoms with Crippen LogP contribution in [0.5, 0.6) is 0 Å². The lowest BCUT2D eigenvalue weighted by atomic mass is 9.85. The molecule has 0 fully saturated rings. The molecule has 1 aliphatic heterocycles. The summed E-state index contributed by atoms with van der Waals surface area (Å²) in [6, 6.07) is 0. The third-order valence-electron chi connectivity index (χ3n) is 2.90. The van der Waals surface area contributed by atoms with Crippen LogP contribution >= 0.6 is 0 Å². The first-order valence-electron chi connectivity index (χ1n) is 4.55. The van der Waals surface area contributed by atoms with Gasteiger partial charge in [-0.3, -0.25) is 0 Å². The molecule has 0 aromatic rings. The highest BCUT2D eigenvalue weighted by molar-refractivity contribution is 5.25. The number of hydrogen-bond donors (Lipinski definition) is 2. The van der Waals surface area contributed by atoms with Crippen molar-refractivity contribution >= 4 is 0 Å². The second-order valence-corrected chi connectivity index (χ2v) is 3.66. The van der Waals surface area contributed by atoms with Gasteiger partial charge in [0.25, 0.3) is 0 Å². The minimum absolute atomic E-state index is 0.0137. The first kappa shape index (κ1) is 8.78. The number of rotatable bonds is 1. The zero-order valence-corrected chi connectivity index (χ0v) is 7.55. The molecule has 13 heavy (non-hydrogen) atoms. The van der Waals surface area contributed by atoms with E-state index in [2.05, 4.69) is 0 Å². The Labute approximate surface area is 77.3 Å². The van der Waals surface area contributed by atoms with Crippen molar-refractivity contribution in [3.8, 4) is 0 Å². The van der Waals surface area contributed by atoms with E-state index in [0.29, 0.717) is 0 Å². The van der Waals surface area contributed by atoms with Gasteiger partial charge in [-0.1, -0.05) is 6.08 Å². The Hall–Kier alpha value is -0.800. The molecule has 2 N–H and O–H groups in total. The van der Waals surface area contributed by atoms with Crippen LogP contribution in [0.1, 0.15) is 6.92 Å². The topological polar surface area (TPSA) is 49.7 Å². The number of aliphatic hydroxyl groups is 2. The lowest BCUT2D eigenvalue weighted by Crippen LogP contribution is -2.32. The Kier molecular flexibility index (Phi) is 2.14. The van der Waals surface area contributed by atoms with Crippen LogP contribution in [-0.2, 0) is 4.74 Å². The van der Waals surface area contributed by atoms with Crippen LogP contribution in [0.25, 0.3) is 0 Å². The lowest BCUT2D eigenvalue weighted by Gasteiger charge is -2.30. The summed E-state index contributed by atoms with van der Waals surface area (Å²) in [5, 5.41) is 18.7. The number of aliphatic hydroxyl groups excluding tert-OH is 2. The van der Waals surface area contributed by atoms with Crippen molar-refractivity contribution in [3.63, 3.8) is 0 Å². The van der Waals surface area contributed by atoms with Crippen molar-refractivity contribution in [3.05, 3.63) is 24.0 Å². The normalized spacial score (nSPS) is 42.5. The summed E-state index contributed by atoms with van der Waals surface area (Å²) in [4.78, 5) is 0. The van der Waals surface area contributed by atoms with Gasteiger partial charge < -0.3 is 14.9 Å². The van der Waals surface area contributed by atoms with E-state index in [9.17, 15) is 5.11 Å². The summed E-state index contributed by atoms with van der Waals surface area (Å²) in [5.41, 5.74) is 0.898. The van der Waals surface area contributed by atoms with Crippen LogP contribution in [0.2, 0.25) is 0 Å². The molecule has 0 saturated carbocycles. The van der Waals surface area contributed by atoms with Gasteiger partial charge in [-0.2, -0.15) is 0 Å². The maximum absolute atomic E-state index is 9.65. The van der Waals surface area contributed by atoms with Crippen molar-refractivity contribution in [2.45, 2.75) is 19.1 Å². The Morgan fingerprint density at radius 1 is 1.54 bits per heavy atom. The van der Waals surface area contributed by atoms with Crippen LogP contribution in [0.4, 0.5) is 0 Å². The molecule has 1 aliphatic carbocycles. The van der Waals surface area contributed by atoms with Crippen LogP contribution in [0.3, 0.4) is 0 Å². The van der Waals surface area contributed by atoms with Gasteiger partial charge in [-0.05, 0) is 18.6 Å². The summed E-state index contributed by atoms with van der Waals surface area (Å²) >= 11 is 0. The fourth-order valence-corrected chi connectivity index (χ4v) is 2.25. The van der Waals surface area contributed by atoms with Crippen molar-refractivity contribution in [2.75, 3.05) is 6.61 Å². The molecule has 0 saturated heterocycles. The van der Waals surface area contributed by atoms with E-state index in [0.717, 1.165) is 5.57 Å².